The molecule has 1 atom stereocenters. The van der Waals surface area contributed by atoms with Gasteiger partial charge in [-0.3, -0.25) is 0 Å². The fourth-order valence-corrected chi connectivity index (χ4v) is 2.08. The Morgan fingerprint density at radius 3 is 3.17 bits per heavy atom. The molecule has 0 spiro atoms. The zero-order valence-electron chi connectivity index (χ0n) is 11.2. The summed E-state index contributed by atoms with van der Waals surface area (Å²) in [5, 5.41) is 3.40. The molecule has 3 nitrogen and oxygen atoms in total. The molecule has 100 valence electrons. The quantitative estimate of drug-likeness (QED) is 0.753. The highest BCUT2D eigenvalue weighted by atomic mass is 16.5. The van der Waals surface area contributed by atoms with Crippen molar-refractivity contribution >= 4 is 0 Å². The molecule has 1 N–H and O–H groups in total. The Labute approximate surface area is 109 Å². The zero-order chi connectivity index (χ0) is 12.6. The van der Waals surface area contributed by atoms with Crippen LogP contribution in [0.1, 0.15) is 25.3 Å². The van der Waals surface area contributed by atoms with Gasteiger partial charge in [0.1, 0.15) is 5.75 Å². The SMILES string of the molecule is CCCNCc1cccc(OCC2CCOC2)c1. The summed E-state index contributed by atoms with van der Waals surface area (Å²) in [5.74, 6) is 1.53. The lowest BCUT2D eigenvalue weighted by Gasteiger charge is -2.11. The van der Waals surface area contributed by atoms with E-state index in [9.17, 15) is 0 Å². The van der Waals surface area contributed by atoms with E-state index in [2.05, 4.69) is 30.4 Å². The summed E-state index contributed by atoms with van der Waals surface area (Å²) in [7, 11) is 0. The standard InChI is InChI=1S/C15H23NO2/c1-2-7-16-10-13-4-3-5-15(9-13)18-12-14-6-8-17-11-14/h3-5,9,14,16H,2,6-8,10-12H2,1H3. The Kier molecular flexibility index (Phi) is 5.49. The summed E-state index contributed by atoms with van der Waals surface area (Å²) >= 11 is 0. The average molecular weight is 249 g/mol. The molecule has 3 heteroatoms. The van der Waals surface area contributed by atoms with Gasteiger partial charge in [0.2, 0.25) is 0 Å². The minimum Gasteiger partial charge on any atom is -0.493 e. The predicted octanol–water partition coefficient (Wildman–Crippen LogP) is 2.60. The summed E-state index contributed by atoms with van der Waals surface area (Å²) in [5.41, 5.74) is 1.28. The molecule has 1 fully saturated rings. The van der Waals surface area contributed by atoms with E-state index < -0.39 is 0 Å². The Morgan fingerprint density at radius 1 is 1.44 bits per heavy atom. The van der Waals surface area contributed by atoms with Gasteiger partial charge in [-0.15, -0.1) is 0 Å². The van der Waals surface area contributed by atoms with Gasteiger partial charge in [0.05, 0.1) is 13.2 Å². The number of hydrogen-bond donors (Lipinski definition) is 1. The lowest BCUT2D eigenvalue weighted by molar-refractivity contribution is 0.167. The minimum atomic E-state index is 0.562. The van der Waals surface area contributed by atoms with E-state index in [1.807, 2.05) is 6.07 Å². The molecule has 18 heavy (non-hydrogen) atoms. The van der Waals surface area contributed by atoms with Gasteiger partial charge in [-0.2, -0.15) is 0 Å². The Bertz CT molecular complexity index is 348. The summed E-state index contributed by atoms with van der Waals surface area (Å²) in [4.78, 5) is 0. The van der Waals surface area contributed by atoms with Gasteiger partial charge in [-0.25, -0.2) is 0 Å². The molecule has 1 heterocycles. The molecule has 0 saturated carbocycles. The second kappa shape index (κ2) is 7.39. The van der Waals surface area contributed by atoms with Crippen molar-refractivity contribution in [1.82, 2.24) is 5.32 Å². The van der Waals surface area contributed by atoms with Gasteiger partial charge in [0.15, 0.2) is 0 Å². The van der Waals surface area contributed by atoms with E-state index in [1.54, 1.807) is 0 Å². The lowest BCUT2D eigenvalue weighted by atomic mass is 10.1. The number of nitrogens with one attached hydrogen (secondary N) is 1. The Hall–Kier alpha value is -1.06. The number of benzene rings is 1. The van der Waals surface area contributed by atoms with Crippen LogP contribution in [0.5, 0.6) is 5.75 Å². The second-order valence-corrected chi connectivity index (χ2v) is 4.86. The van der Waals surface area contributed by atoms with E-state index in [0.29, 0.717) is 5.92 Å². The van der Waals surface area contributed by atoms with E-state index >= 15 is 0 Å². The van der Waals surface area contributed by atoms with Crippen LogP contribution >= 0.6 is 0 Å². The van der Waals surface area contributed by atoms with Crippen LogP contribution in [0.2, 0.25) is 0 Å². The summed E-state index contributed by atoms with van der Waals surface area (Å²) < 4.78 is 11.2. The molecule has 1 aliphatic heterocycles. The number of ether oxygens (including phenoxy) is 2. The van der Waals surface area contributed by atoms with E-state index in [-0.39, 0.29) is 0 Å². The maximum atomic E-state index is 5.83. The molecule has 0 radical (unpaired) electrons. The molecule has 0 bridgehead atoms. The Balaban J connectivity index is 1.78. The zero-order valence-corrected chi connectivity index (χ0v) is 11.2. The first-order valence-corrected chi connectivity index (χ1v) is 6.88. The third-order valence-corrected chi connectivity index (χ3v) is 3.16. The smallest absolute Gasteiger partial charge is 0.119 e. The highest BCUT2D eigenvalue weighted by molar-refractivity contribution is 5.28. The van der Waals surface area contributed by atoms with E-state index in [0.717, 1.165) is 51.5 Å². The van der Waals surface area contributed by atoms with Crippen molar-refractivity contribution in [2.24, 2.45) is 5.92 Å². The van der Waals surface area contributed by atoms with Crippen molar-refractivity contribution in [3.05, 3.63) is 29.8 Å². The fraction of sp³-hybridized carbons (Fsp3) is 0.600. The average Bonchev–Trinajstić information content (AvgIpc) is 2.90. The van der Waals surface area contributed by atoms with Crippen LogP contribution in [0, 0.1) is 5.92 Å². The van der Waals surface area contributed by atoms with Gasteiger partial charge in [-0.05, 0) is 37.1 Å². The Morgan fingerprint density at radius 2 is 2.39 bits per heavy atom. The predicted molar refractivity (Wildman–Crippen MR) is 72.9 cm³/mol. The van der Waals surface area contributed by atoms with Crippen LogP contribution in [0.4, 0.5) is 0 Å². The van der Waals surface area contributed by atoms with Gasteiger partial charge in [-0.1, -0.05) is 19.1 Å². The van der Waals surface area contributed by atoms with Crippen LogP contribution in [0.3, 0.4) is 0 Å². The molecular formula is C15H23NO2. The van der Waals surface area contributed by atoms with Crippen LogP contribution < -0.4 is 10.1 Å². The van der Waals surface area contributed by atoms with Crippen molar-refractivity contribution in [2.75, 3.05) is 26.4 Å². The first kappa shape index (κ1) is 13.4. The van der Waals surface area contributed by atoms with Gasteiger partial charge in [0, 0.05) is 19.1 Å². The molecule has 1 aromatic rings. The van der Waals surface area contributed by atoms with E-state index in [1.165, 1.54) is 5.56 Å². The first-order valence-electron chi connectivity index (χ1n) is 6.88. The third kappa shape index (κ3) is 4.31. The topological polar surface area (TPSA) is 30.5 Å². The molecule has 0 aliphatic carbocycles. The van der Waals surface area contributed by atoms with Crippen LogP contribution in [-0.4, -0.2) is 26.4 Å². The molecule has 2 rings (SSSR count). The van der Waals surface area contributed by atoms with Crippen molar-refractivity contribution < 1.29 is 9.47 Å². The van der Waals surface area contributed by atoms with Crippen LogP contribution in [0.25, 0.3) is 0 Å². The molecule has 1 aliphatic rings. The van der Waals surface area contributed by atoms with Crippen molar-refractivity contribution in [3.63, 3.8) is 0 Å². The summed E-state index contributed by atoms with van der Waals surface area (Å²) in [6.45, 7) is 6.65. The molecule has 1 unspecified atom stereocenters. The van der Waals surface area contributed by atoms with Gasteiger partial charge < -0.3 is 14.8 Å². The molecule has 1 aromatic carbocycles. The van der Waals surface area contributed by atoms with E-state index in [4.69, 9.17) is 9.47 Å². The fourth-order valence-electron chi connectivity index (χ4n) is 2.08. The summed E-state index contributed by atoms with van der Waals surface area (Å²) in [6, 6.07) is 8.34. The molecule has 0 amide bonds. The molecular weight excluding hydrogens is 226 g/mol. The molecule has 0 aromatic heterocycles. The normalized spacial score (nSPS) is 19.1. The highest BCUT2D eigenvalue weighted by Gasteiger charge is 2.16. The van der Waals surface area contributed by atoms with Crippen molar-refractivity contribution in [2.45, 2.75) is 26.3 Å². The van der Waals surface area contributed by atoms with Crippen LogP contribution in [0.15, 0.2) is 24.3 Å². The number of rotatable bonds is 7. The minimum absolute atomic E-state index is 0.562. The second-order valence-electron chi connectivity index (χ2n) is 4.86. The number of hydrogen-bond acceptors (Lipinski definition) is 3. The van der Waals surface area contributed by atoms with Crippen molar-refractivity contribution in [3.8, 4) is 5.75 Å². The van der Waals surface area contributed by atoms with Crippen LogP contribution in [-0.2, 0) is 11.3 Å². The van der Waals surface area contributed by atoms with Crippen molar-refractivity contribution in [1.29, 1.82) is 0 Å². The highest BCUT2D eigenvalue weighted by Crippen LogP contribution is 2.17. The largest absolute Gasteiger partial charge is 0.493 e. The lowest BCUT2D eigenvalue weighted by Crippen LogP contribution is -2.14. The summed E-state index contributed by atoms with van der Waals surface area (Å²) in [6.07, 6.45) is 2.29. The maximum Gasteiger partial charge on any atom is 0.119 e. The monoisotopic (exact) mass is 249 g/mol. The maximum absolute atomic E-state index is 5.83. The molecule has 1 saturated heterocycles. The third-order valence-electron chi connectivity index (χ3n) is 3.16. The first-order chi connectivity index (χ1) is 8.88. The van der Waals surface area contributed by atoms with Gasteiger partial charge >= 0.3 is 0 Å². The van der Waals surface area contributed by atoms with Gasteiger partial charge in [0.25, 0.3) is 0 Å².